The molecule has 8 N–H and O–H groups in total. The molecule has 1 rings (SSSR count). The van der Waals surface area contributed by atoms with E-state index >= 15 is 0 Å². The Kier molecular flexibility index (Phi) is 9.75. The van der Waals surface area contributed by atoms with Crippen molar-refractivity contribution in [3.63, 3.8) is 0 Å². The molecule has 0 heterocycles. The van der Waals surface area contributed by atoms with Gasteiger partial charge in [0.1, 0.15) is 0 Å². The van der Waals surface area contributed by atoms with Gasteiger partial charge in [0.2, 0.25) is 5.91 Å². The van der Waals surface area contributed by atoms with E-state index in [1.165, 1.54) is 0 Å². The van der Waals surface area contributed by atoms with Gasteiger partial charge in [-0.05, 0) is 17.7 Å². The van der Waals surface area contributed by atoms with Crippen LogP contribution in [0, 0.1) is 0 Å². The van der Waals surface area contributed by atoms with Crippen LogP contribution in [-0.4, -0.2) is 66.6 Å². The number of anilines is 1. The van der Waals surface area contributed by atoms with Crippen molar-refractivity contribution in [2.75, 3.05) is 10.6 Å². The highest BCUT2D eigenvalue weighted by Crippen LogP contribution is 2.34. The Balaban J connectivity index is 3.33. The molecule has 0 aliphatic carbocycles. The van der Waals surface area contributed by atoms with Crippen molar-refractivity contribution in [3.8, 4) is 0 Å². The van der Waals surface area contributed by atoms with E-state index in [1.54, 1.807) is 24.3 Å². The Morgan fingerprint density at radius 3 is 1.62 bits per heavy atom. The Hall–Kier alpha value is -3.03. The van der Waals surface area contributed by atoms with Crippen molar-refractivity contribution in [2.24, 2.45) is 5.73 Å². The molecule has 0 bridgehead atoms. The average Bonchev–Trinajstić information content (AvgIpc) is 2.64. The molecular weight excluding hydrogens is 494 g/mol. The van der Waals surface area contributed by atoms with Gasteiger partial charge in [-0.15, -0.1) is 0 Å². The third-order valence-electron chi connectivity index (χ3n) is 4.78. The van der Waals surface area contributed by atoms with Crippen molar-refractivity contribution in [1.82, 2.24) is 5.32 Å². The number of carboxylic acids is 4. The fourth-order valence-electron chi connectivity index (χ4n) is 3.34. The van der Waals surface area contributed by atoms with E-state index in [9.17, 15) is 44.4 Å². The van der Waals surface area contributed by atoms with Gasteiger partial charge in [0.05, 0.1) is 42.1 Å². The normalized spacial score (nSPS) is 11.6. The number of carbonyl (C=O) groups is 5. The number of halogens is 1. The Morgan fingerprint density at radius 2 is 1.25 bits per heavy atom. The molecule has 0 saturated carbocycles. The molecule has 0 aliphatic rings. The maximum absolute atomic E-state index is 11.6. The predicted molar refractivity (Wildman–Crippen MR) is 114 cm³/mol. The standard InChI is InChI=1S/C19H24BrN3O9/c20-9-13(24)23-12-3-1-11(2-4-12)10-22-19(7-16(29)30,8-17(31)32)18(21,5-14(25)26)6-15(27)28/h1-4,22H,5-10,21H2,(H,23,24)(H,25,26)(H,27,28)(H,29,30)(H,31,32). The van der Waals surface area contributed by atoms with E-state index in [0.29, 0.717) is 11.3 Å². The summed E-state index contributed by atoms with van der Waals surface area (Å²) in [6.07, 6.45) is -3.83. The molecule has 0 aromatic heterocycles. The number of hydrogen-bond donors (Lipinski definition) is 7. The van der Waals surface area contributed by atoms with E-state index in [1.807, 2.05) is 0 Å². The number of nitrogens with one attached hydrogen (secondary N) is 2. The SMILES string of the molecule is NC(CC(=O)O)(CC(=O)O)C(CC(=O)O)(CC(=O)O)NCc1ccc(NC(=O)CBr)cc1. The van der Waals surface area contributed by atoms with Crippen LogP contribution in [-0.2, 0) is 30.5 Å². The molecule has 12 nitrogen and oxygen atoms in total. The quantitative estimate of drug-likeness (QED) is 0.168. The number of alkyl halides is 1. The van der Waals surface area contributed by atoms with Crippen molar-refractivity contribution in [3.05, 3.63) is 29.8 Å². The lowest BCUT2D eigenvalue weighted by molar-refractivity contribution is -0.151. The third kappa shape index (κ3) is 7.90. The fourth-order valence-corrected chi connectivity index (χ4v) is 3.48. The van der Waals surface area contributed by atoms with Crippen LogP contribution < -0.4 is 16.4 Å². The van der Waals surface area contributed by atoms with Gasteiger partial charge in [-0.3, -0.25) is 24.0 Å². The molecule has 0 spiro atoms. The summed E-state index contributed by atoms with van der Waals surface area (Å²) < 4.78 is 0. The highest BCUT2D eigenvalue weighted by Gasteiger charge is 2.53. The molecular formula is C19H24BrN3O9. The number of aliphatic carboxylic acids is 4. The van der Waals surface area contributed by atoms with E-state index in [0.717, 1.165) is 0 Å². The largest absolute Gasteiger partial charge is 0.481 e. The summed E-state index contributed by atoms with van der Waals surface area (Å²) in [4.78, 5) is 57.4. The molecule has 0 atom stereocenters. The minimum Gasteiger partial charge on any atom is -0.481 e. The number of rotatable bonds is 14. The zero-order chi connectivity index (χ0) is 24.5. The summed E-state index contributed by atoms with van der Waals surface area (Å²) in [7, 11) is 0. The topological polar surface area (TPSA) is 216 Å². The van der Waals surface area contributed by atoms with Gasteiger partial charge < -0.3 is 36.8 Å². The monoisotopic (exact) mass is 517 g/mol. The van der Waals surface area contributed by atoms with Crippen LogP contribution in [0.5, 0.6) is 0 Å². The second kappa shape index (κ2) is 11.5. The minimum atomic E-state index is -2.24. The first-order valence-corrected chi connectivity index (χ1v) is 10.3. The average molecular weight is 518 g/mol. The summed E-state index contributed by atoms with van der Waals surface area (Å²) >= 11 is 3.01. The molecule has 0 unspecified atom stereocenters. The minimum absolute atomic E-state index is 0.0922. The first-order valence-electron chi connectivity index (χ1n) is 9.18. The molecule has 0 radical (unpaired) electrons. The van der Waals surface area contributed by atoms with Crippen LogP contribution in [0.4, 0.5) is 5.69 Å². The molecule has 1 aromatic carbocycles. The molecule has 32 heavy (non-hydrogen) atoms. The predicted octanol–water partition coefficient (Wildman–Crippen LogP) is 0.445. The van der Waals surface area contributed by atoms with Gasteiger partial charge in [-0.2, -0.15) is 0 Å². The van der Waals surface area contributed by atoms with Crippen LogP contribution in [0.25, 0.3) is 0 Å². The molecule has 0 aliphatic heterocycles. The first kappa shape index (κ1) is 27.0. The molecule has 1 aromatic rings. The van der Waals surface area contributed by atoms with Crippen molar-refractivity contribution in [2.45, 2.75) is 43.3 Å². The van der Waals surface area contributed by atoms with Crippen LogP contribution in [0.2, 0.25) is 0 Å². The van der Waals surface area contributed by atoms with Gasteiger partial charge in [-0.1, -0.05) is 28.1 Å². The smallest absolute Gasteiger partial charge is 0.305 e. The van der Waals surface area contributed by atoms with E-state index < -0.39 is 60.6 Å². The van der Waals surface area contributed by atoms with Gasteiger partial charge in [0.25, 0.3) is 0 Å². The van der Waals surface area contributed by atoms with E-state index in [-0.39, 0.29) is 17.8 Å². The number of hydrogen-bond acceptors (Lipinski definition) is 7. The highest BCUT2D eigenvalue weighted by molar-refractivity contribution is 9.09. The maximum Gasteiger partial charge on any atom is 0.305 e. The van der Waals surface area contributed by atoms with Crippen LogP contribution in [0.3, 0.4) is 0 Å². The molecule has 1 amide bonds. The van der Waals surface area contributed by atoms with Crippen LogP contribution >= 0.6 is 15.9 Å². The second-order valence-corrected chi connectivity index (χ2v) is 7.81. The highest BCUT2D eigenvalue weighted by atomic mass is 79.9. The van der Waals surface area contributed by atoms with Gasteiger partial charge in [0, 0.05) is 12.2 Å². The first-order chi connectivity index (χ1) is 14.8. The van der Waals surface area contributed by atoms with Crippen LogP contribution in [0.15, 0.2) is 24.3 Å². The lowest BCUT2D eigenvalue weighted by Crippen LogP contribution is -2.70. The number of nitrogens with two attached hydrogens (primary N) is 1. The Labute approximate surface area is 190 Å². The van der Waals surface area contributed by atoms with Crippen LogP contribution in [0.1, 0.15) is 31.2 Å². The number of amides is 1. The third-order valence-corrected chi connectivity index (χ3v) is 5.29. The number of carbonyl (C=O) groups excluding carboxylic acids is 1. The lowest BCUT2D eigenvalue weighted by Gasteiger charge is -2.46. The molecule has 0 saturated heterocycles. The van der Waals surface area contributed by atoms with Crippen molar-refractivity contribution in [1.29, 1.82) is 0 Å². The Bertz CT molecular complexity index is 841. The summed E-state index contributed by atoms with van der Waals surface area (Å²) in [5, 5.41) is 42.8. The zero-order valence-corrected chi connectivity index (χ0v) is 18.4. The zero-order valence-electron chi connectivity index (χ0n) is 16.8. The summed E-state index contributed by atoms with van der Waals surface area (Å²) in [5.74, 6) is -6.28. The number of carboxylic acid groups (broad SMARTS) is 4. The van der Waals surface area contributed by atoms with Crippen molar-refractivity contribution < 1.29 is 44.4 Å². The second-order valence-electron chi connectivity index (χ2n) is 7.25. The number of benzene rings is 1. The lowest BCUT2D eigenvalue weighted by atomic mass is 9.68. The maximum atomic E-state index is 11.6. The Morgan fingerprint density at radius 1 is 0.812 bits per heavy atom. The summed E-state index contributed by atoms with van der Waals surface area (Å²) in [6, 6.07) is 6.24. The summed E-state index contributed by atoms with van der Waals surface area (Å²) in [6.45, 7) is -0.147. The summed E-state index contributed by atoms with van der Waals surface area (Å²) in [5.41, 5.74) is 2.78. The van der Waals surface area contributed by atoms with E-state index in [4.69, 9.17) is 5.73 Å². The fraction of sp³-hybridized carbons (Fsp3) is 0.421. The van der Waals surface area contributed by atoms with E-state index in [2.05, 4.69) is 26.6 Å². The van der Waals surface area contributed by atoms with Gasteiger partial charge in [0.15, 0.2) is 0 Å². The molecule has 176 valence electrons. The molecule has 13 heteroatoms. The van der Waals surface area contributed by atoms with Crippen molar-refractivity contribution >= 4 is 51.4 Å². The molecule has 0 fully saturated rings. The van der Waals surface area contributed by atoms with Gasteiger partial charge >= 0.3 is 23.9 Å². The van der Waals surface area contributed by atoms with Gasteiger partial charge in [-0.25, -0.2) is 0 Å².